The van der Waals surface area contributed by atoms with Crippen LogP contribution < -0.4 is 19.2 Å². The number of hydrogen-bond acceptors (Lipinski definition) is 6. The summed E-state index contributed by atoms with van der Waals surface area (Å²) in [5.74, 6) is 0.397. The Morgan fingerprint density at radius 2 is 1.83 bits per heavy atom. The number of rotatable bonds is 10. The van der Waals surface area contributed by atoms with Gasteiger partial charge in [0.05, 0.1) is 29.7 Å². The number of halogens is 2. The van der Waals surface area contributed by atoms with Crippen molar-refractivity contribution in [3.8, 4) is 11.5 Å². The second-order valence-corrected chi connectivity index (χ2v) is 10.5. The van der Waals surface area contributed by atoms with Crippen molar-refractivity contribution in [1.82, 2.24) is 5.43 Å². The number of ether oxygens (including phenoxy) is 2. The third kappa shape index (κ3) is 7.71. The van der Waals surface area contributed by atoms with Gasteiger partial charge in [0.1, 0.15) is 13.2 Å². The molecule has 184 valence electrons. The number of methoxy groups -OCH3 is 1. The maximum atomic E-state index is 12.4. The number of anilines is 1. The van der Waals surface area contributed by atoms with Gasteiger partial charge in [-0.1, -0.05) is 41.9 Å². The summed E-state index contributed by atoms with van der Waals surface area (Å²) in [6.07, 6.45) is 2.43. The van der Waals surface area contributed by atoms with E-state index in [1.807, 2.05) is 30.3 Å². The third-order valence-electron chi connectivity index (χ3n) is 4.68. The predicted octanol–water partition coefficient (Wildman–Crippen LogP) is 4.61. The monoisotopic (exact) mass is 579 g/mol. The highest BCUT2D eigenvalue weighted by Crippen LogP contribution is 2.36. The van der Waals surface area contributed by atoms with Crippen LogP contribution in [0.1, 0.15) is 11.1 Å². The quantitative estimate of drug-likeness (QED) is 0.279. The molecule has 0 aliphatic carbocycles. The van der Waals surface area contributed by atoms with Crippen molar-refractivity contribution in [2.75, 3.05) is 24.2 Å². The van der Waals surface area contributed by atoms with Crippen LogP contribution in [0, 0.1) is 0 Å². The van der Waals surface area contributed by atoms with E-state index < -0.39 is 22.5 Å². The minimum Gasteiger partial charge on any atom is -0.493 e. The van der Waals surface area contributed by atoms with Crippen molar-refractivity contribution in [1.29, 1.82) is 0 Å². The Labute approximate surface area is 217 Å². The third-order valence-corrected chi connectivity index (χ3v) is 6.66. The lowest BCUT2D eigenvalue weighted by Gasteiger charge is -2.21. The number of nitrogens with one attached hydrogen (secondary N) is 1. The van der Waals surface area contributed by atoms with Crippen LogP contribution in [0.15, 0.2) is 76.3 Å². The van der Waals surface area contributed by atoms with Gasteiger partial charge < -0.3 is 9.47 Å². The molecule has 8 nitrogen and oxygen atoms in total. The number of carbonyl (C=O) groups excluding carboxylic acids is 1. The molecule has 0 fully saturated rings. The van der Waals surface area contributed by atoms with Crippen LogP contribution in [-0.2, 0) is 21.4 Å². The fourth-order valence-electron chi connectivity index (χ4n) is 3.04. The molecule has 0 aliphatic rings. The second kappa shape index (κ2) is 12.1. The summed E-state index contributed by atoms with van der Waals surface area (Å²) < 4.78 is 37.3. The first-order chi connectivity index (χ1) is 16.7. The topological polar surface area (TPSA) is 97.3 Å². The van der Waals surface area contributed by atoms with Crippen molar-refractivity contribution in [3.63, 3.8) is 0 Å². The molecule has 0 saturated heterocycles. The van der Waals surface area contributed by atoms with Crippen LogP contribution in [-0.4, -0.2) is 40.4 Å². The van der Waals surface area contributed by atoms with Gasteiger partial charge in [0.2, 0.25) is 10.0 Å². The van der Waals surface area contributed by atoms with E-state index in [9.17, 15) is 13.2 Å². The molecule has 1 amide bonds. The maximum absolute atomic E-state index is 12.4. The molecule has 0 heterocycles. The molecule has 0 spiro atoms. The first-order valence-corrected chi connectivity index (χ1v) is 13.3. The minimum absolute atomic E-state index is 0.316. The Kier molecular flexibility index (Phi) is 9.13. The van der Waals surface area contributed by atoms with Gasteiger partial charge in [-0.2, -0.15) is 5.10 Å². The highest BCUT2D eigenvalue weighted by atomic mass is 79.9. The van der Waals surface area contributed by atoms with Gasteiger partial charge in [0.25, 0.3) is 5.91 Å². The number of hydrogen-bond donors (Lipinski definition) is 1. The lowest BCUT2D eigenvalue weighted by molar-refractivity contribution is -0.119. The summed E-state index contributed by atoms with van der Waals surface area (Å²) in [7, 11) is -2.18. The summed E-state index contributed by atoms with van der Waals surface area (Å²) in [5, 5.41) is 4.39. The Hall–Kier alpha value is -3.08. The molecule has 0 saturated carbocycles. The Bertz CT molecular complexity index is 1300. The molecule has 0 aliphatic heterocycles. The van der Waals surface area contributed by atoms with Crippen LogP contribution in [0.2, 0.25) is 5.02 Å². The lowest BCUT2D eigenvalue weighted by atomic mass is 10.2. The summed E-state index contributed by atoms with van der Waals surface area (Å²) in [6.45, 7) is -0.0825. The van der Waals surface area contributed by atoms with Gasteiger partial charge in [-0.25, -0.2) is 13.8 Å². The maximum Gasteiger partial charge on any atom is 0.260 e. The molecule has 0 bridgehead atoms. The Morgan fingerprint density at radius 3 is 2.46 bits per heavy atom. The molecule has 0 radical (unpaired) electrons. The number of sulfonamides is 1. The van der Waals surface area contributed by atoms with Gasteiger partial charge in [-0.3, -0.25) is 9.10 Å². The average molecular weight is 581 g/mol. The van der Waals surface area contributed by atoms with Gasteiger partial charge in [-0.05, 0) is 63.5 Å². The van der Waals surface area contributed by atoms with Crippen LogP contribution >= 0.6 is 27.5 Å². The molecule has 3 aromatic rings. The van der Waals surface area contributed by atoms with E-state index in [4.69, 9.17) is 21.1 Å². The molecule has 11 heteroatoms. The Morgan fingerprint density at radius 1 is 1.14 bits per heavy atom. The molecular formula is C24H23BrClN3O5S. The standard InChI is InChI=1S/C24H23BrClN3O5S/c1-33-22-13-18(12-21(25)24(22)34-16-17-6-4-3-5-7-17)14-27-28-23(30)15-29(35(2,31)32)20-10-8-19(26)9-11-20/h3-14H,15-16H2,1-2H3,(H,28,30)/b27-14-. The van der Waals surface area contributed by atoms with Gasteiger partial charge in [0, 0.05) is 5.02 Å². The molecule has 0 unspecified atom stereocenters. The Balaban J connectivity index is 1.67. The van der Waals surface area contributed by atoms with E-state index in [-0.39, 0.29) is 0 Å². The first kappa shape index (κ1) is 26.5. The van der Waals surface area contributed by atoms with Gasteiger partial charge in [-0.15, -0.1) is 0 Å². The zero-order chi connectivity index (χ0) is 25.4. The van der Waals surface area contributed by atoms with E-state index in [0.29, 0.717) is 38.9 Å². The van der Waals surface area contributed by atoms with Gasteiger partial charge in [0.15, 0.2) is 11.5 Å². The van der Waals surface area contributed by atoms with E-state index in [1.165, 1.54) is 25.5 Å². The molecule has 3 aromatic carbocycles. The van der Waals surface area contributed by atoms with Crippen LogP contribution in [0.4, 0.5) is 5.69 Å². The lowest BCUT2D eigenvalue weighted by Crippen LogP contribution is -2.38. The van der Waals surface area contributed by atoms with Crippen molar-refractivity contribution >= 4 is 55.4 Å². The minimum atomic E-state index is -3.71. The van der Waals surface area contributed by atoms with Crippen LogP contribution in [0.25, 0.3) is 0 Å². The SMILES string of the molecule is COc1cc(/C=N\NC(=O)CN(c2ccc(Cl)cc2)S(C)(=O)=O)cc(Br)c1OCc1ccccc1. The van der Waals surface area contributed by atoms with E-state index in [2.05, 4.69) is 26.5 Å². The number of hydrazone groups is 1. The molecule has 0 atom stereocenters. The first-order valence-electron chi connectivity index (χ1n) is 10.3. The summed E-state index contributed by atoms with van der Waals surface area (Å²) in [5.41, 5.74) is 4.29. The summed E-state index contributed by atoms with van der Waals surface area (Å²) >= 11 is 9.35. The second-order valence-electron chi connectivity index (χ2n) is 7.35. The van der Waals surface area contributed by atoms with Crippen molar-refractivity contribution < 1.29 is 22.7 Å². The normalized spacial score (nSPS) is 11.3. The van der Waals surface area contributed by atoms with Crippen molar-refractivity contribution in [3.05, 3.63) is 87.4 Å². The van der Waals surface area contributed by atoms with Crippen molar-refractivity contribution in [2.45, 2.75) is 6.61 Å². The summed E-state index contributed by atoms with van der Waals surface area (Å²) in [4.78, 5) is 12.4. The molecule has 35 heavy (non-hydrogen) atoms. The van der Waals surface area contributed by atoms with E-state index >= 15 is 0 Å². The highest BCUT2D eigenvalue weighted by Gasteiger charge is 2.20. The molecule has 0 aromatic heterocycles. The molecular weight excluding hydrogens is 558 g/mol. The van der Waals surface area contributed by atoms with Crippen molar-refractivity contribution in [2.24, 2.45) is 5.10 Å². The number of nitrogens with zero attached hydrogens (tertiary/aromatic N) is 2. The van der Waals surface area contributed by atoms with Crippen LogP contribution in [0.3, 0.4) is 0 Å². The zero-order valence-corrected chi connectivity index (χ0v) is 22.1. The smallest absolute Gasteiger partial charge is 0.260 e. The average Bonchev–Trinajstić information content (AvgIpc) is 2.82. The number of amides is 1. The number of carbonyl (C=O) groups is 1. The molecule has 3 rings (SSSR count). The van der Waals surface area contributed by atoms with E-state index in [1.54, 1.807) is 24.3 Å². The van der Waals surface area contributed by atoms with Gasteiger partial charge >= 0.3 is 0 Å². The molecule has 1 N–H and O–H groups in total. The fourth-order valence-corrected chi connectivity index (χ4v) is 4.59. The summed E-state index contributed by atoms with van der Waals surface area (Å²) in [6, 6.07) is 19.3. The fraction of sp³-hybridized carbons (Fsp3) is 0.167. The highest BCUT2D eigenvalue weighted by molar-refractivity contribution is 9.10. The van der Waals surface area contributed by atoms with E-state index in [0.717, 1.165) is 16.1 Å². The predicted molar refractivity (Wildman–Crippen MR) is 141 cm³/mol. The van der Waals surface area contributed by atoms with Crippen LogP contribution in [0.5, 0.6) is 11.5 Å². The zero-order valence-electron chi connectivity index (χ0n) is 18.9. The number of benzene rings is 3. The largest absolute Gasteiger partial charge is 0.493 e.